The lowest BCUT2D eigenvalue weighted by Crippen LogP contribution is -2.14. The minimum absolute atomic E-state index is 0.111. The van der Waals surface area contributed by atoms with Crippen molar-refractivity contribution < 1.29 is 9.59 Å². The maximum Gasteiger partial charge on any atom is 0.205 e. The molecule has 1 aliphatic carbocycles. The Morgan fingerprint density at radius 1 is 1.50 bits per heavy atom. The number of hydrogen-bond acceptors (Lipinski definition) is 4. The second kappa shape index (κ2) is 3.42. The van der Waals surface area contributed by atoms with Crippen LogP contribution in [0.2, 0.25) is 0 Å². The summed E-state index contributed by atoms with van der Waals surface area (Å²) in [5.41, 5.74) is 0.684. The number of aromatic amines is 1. The van der Waals surface area contributed by atoms with Crippen LogP contribution in [0.1, 0.15) is 27.8 Å². The van der Waals surface area contributed by atoms with Crippen LogP contribution in [0.15, 0.2) is 17.2 Å². The number of allylic oxidation sites excluding steroid dienone is 2. The molecule has 2 rings (SSSR count). The molecule has 0 unspecified atom stereocenters. The summed E-state index contributed by atoms with van der Waals surface area (Å²) in [5.74, 6) is 0.492. The Kier molecular flexibility index (Phi) is 2.25. The summed E-state index contributed by atoms with van der Waals surface area (Å²) in [7, 11) is 0. The van der Waals surface area contributed by atoms with Crippen LogP contribution in [0.4, 0.5) is 0 Å². The first kappa shape index (κ1) is 9.21. The molecule has 5 heteroatoms. The zero-order chi connectivity index (χ0) is 10.1. The molecule has 0 saturated carbocycles. The van der Waals surface area contributed by atoms with Crippen molar-refractivity contribution in [1.29, 1.82) is 0 Å². The minimum Gasteiger partial charge on any atom is -0.288 e. The topological polar surface area (TPSA) is 62.8 Å². The quantitative estimate of drug-likeness (QED) is 0.798. The number of nitrogens with zero attached hydrogens (tertiary/aromatic N) is 1. The third kappa shape index (κ3) is 1.29. The number of thioether (sulfide) groups is 1. The van der Waals surface area contributed by atoms with E-state index in [2.05, 4.69) is 10.2 Å². The molecule has 1 aliphatic rings. The molecule has 0 amide bonds. The SMILES string of the molecule is CCSC1=CC(=O)c2[nH]ncc2C1=O. The Morgan fingerprint density at radius 2 is 2.29 bits per heavy atom. The van der Waals surface area contributed by atoms with Crippen molar-refractivity contribution in [2.75, 3.05) is 5.75 Å². The Balaban J connectivity index is 2.44. The molecule has 0 radical (unpaired) electrons. The van der Waals surface area contributed by atoms with Crippen molar-refractivity contribution in [2.45, 2.75) is 6.92 Å². The van der Waals surface area contributed by atoms with E-state index in [1.54, 1.807) is 0 Å². The van der Waals surface area contributed by atoms with Gasteiger partial charge in [-0.2, -0.15) is 5.10 Å². The fourth-order valence-corrected chi connectivity index (χ4v) is 2.04. The number of aromatic nitrogens is 2. The van der Waals surface area contributed by atoms with Crippen LogP contribution in [0, 0.1) is 0 Å². The van der Waals surface area contributed by atoms with Crippen LogP contribution >= 0.6 is 11.8 Å². The normalized spacial score (nSPS) is 15.4. The van der Waals surface area contributed by atoms with Gasteiger partial charge in [0.15, 0.2) is 0 Å². The Hall–Kier alpha value is -1.36. The van der Waals surface area contributed by atoms with Gasteiger partial charge < -0.3 is 0 Å². The van der Waals surface area contributed by atoms with Crippen molar-refractivity contribution >= 4 is 23.3 Å². The monoisotopic (exact) mass is 208 g/mol. The van der Waals surface area contributed by atoms with E-state index in [1.807, 2.05) is 6.92 Å². The van der Waals surface area contributed by atoms with Gasteiger partial charge in [0.25, 0.3) is 0 Å². The van der Waals surface area contributed by atoms with Crippen LogP contribution in [0.25, 0.3) is 0 Å². The van der Waals surface area contributed by atoms with Gasteiger partial charge in [-0.1, -0.05) is 6.92 Å². The summed E-state index contributed by atoms with van der Waals surface area (Å²) in [6, 6.07) is 0. The Bertz CT molecular complexity index is 434. The van der Waals surface area contributed by atoms with E-state index in [0.29, 0.717) is 16.2 Å². The summed E-state index contributed by atoms with van der Waals surface area (Å²) >= 11 is 1.38. The maximum atomic E-state index is 11.7. The molecule has 0 spiro atoms. The highest BCUT2D eigenvalue weighted by atomic mass is 32.2. The standard InChI is InChI=1S/C9H8N2O2S/c1-2-14-7-3-6(12)8-5(9(7)13)4-10-11-8/h3-4H,2H2,1H3,(H,10,11). The predicted molar refractivity (Wildman–Crippen MR) is 53.5 cm³/mol. The van der Waals surface area contributed by atoms with Gasteiger partial charge in [-0.25, -0.2) is 0 Å². The van der Waals surface area contributed by atoms with E-state index in [0.717, 1.165) is 5.75 Å². The van der Waals surface area contributed by atoms with Crippen LogP contribution in [0.3, 0.4) is 0 Å². The molecule has 1 N–H and O–H groups in total. The van der Waals surface area contributed by atoms with Gasteiger partial charge in [-0.15, -0.1) is 11.8 Å². The highest BCUT2D eigenvalue weighted by Crippen LogP contribution is 2.26. The molecule has 0 fully saturated rings. The highest BCUT2D eigenvalue weighted by molar-refractivity contribution is 8.04. The van der Waals surface area contributed by atoms with Crippen molar-refractivity contribution in [3.05, 3.63) is 28.4 Å². The first-order valence-electron chi connectivity index (χ1n) is 4.21. The summed E-state index contributed by atoms with van der Waals surface area (Å²) in [5, 5.41) is 6.22. The van der Waals surface area contributed by atoms with Gasteiger partial charge in [-0.05, 0) is 5.75 Å². The summed E-state index contributed by atoms with van der Waals surface area (Å²) in [4.78, 5) is 23.7. The van der Waals surface area contributed by atoms with E-state index in [-0.39, 0.29) is 11.6 Å². The maximum absolute atomic E-state index is 11.7. The first-order valence-corrected chi connectivity index (χ1v) is 5.19. The molecule has 72 valence electrons. The van der Waals surface area contributed by atoms with Crippen LogP contribution in [-0.2, 0) is 0 Å². The van der Waals surface area contributed by atoms with Crippen LogP contribution in [-0.4, -0.2) is 27.5 Å². The molecular weight excluding hydrogens is 200 g/mol. The average molecular weight is 208 g/mol. The van der Waals surface area contributed by atoms with E-state index >= 15 is 0 Å². The molecule has 0 aliphatic heterocycles. The molecule has 1 aromatic rings. The molecule has 4 nitrogen and oxygen atoms in total. The Labute approximate surface area is 84.8 Å². The molecule has 0 saturated heterocycles. The van der Waals surface area contributed by atoms with Crippen LogP contribution < -0.4 is 0 Å². The smallest absolute Gasteiger partial charge is 0.205 e. The van der Waals surface area contributed by atoms with Crippen LogP contribution in [0.5, 0.6) is 0 Å². The molecule has 0 atom stereocenters. The van der Waals surface area contributed by atoms with Gasteiger partial charge >= 0.3 is 0 Å². The number of hydrogen-bond donors (Lipinski definition) is 1. The third-order valence-corrected chi connectivity index (χ3v) is 2.82. The largest absolute Gasteiger partial charge is 0.288 e. The summed E-state index contributed by atoms with van der Waals surface area (Å²) in [6.45, 7) is 1.94. The fraction of sp³-hybridized carbons (Fsp3) is 0.222. The molecule has 0 aromatic carbocycles. The number of carbonyl (C=O) groups excluding carboxylic acids is 2. The molecular formula is C9H8N2O2S. The number of nitrogens with one attached hydrogen (secondary N) is 1. The lowest BCUT2D eigenvalue weighted by atomic mass is 10.0. The lowest BCUT2D eigenvalue weighted by Gasteiger charge is -2.08. The number of ketones is 2. The van der Waals surface area contributed by atoms with Gasteiger partial charge in [0.1, 0.15) is 5.69 Å². The molecule has 0 bridgehead atoms. The minimum atomic E-state index is -0.173. The predicted octanol–water partition coefficient (Wildman–Crippen LogP) is 1.43. The van der Waals surface area contributed by atoms with E-state index in [1.165, 1.54) is 24.0 Å². The number of Topliss-reactive ketones (excluding diaryl/α,β-unsaturated/α-hetero) is 1. The first-order chi connectivity index (χ1) is 6.74. The second-order valence-corrected chi connectivity index (χ2v) is 4.10. The summed E-state index contributed by atoms with van der Waals surface area (Å²) in [6.07, 6.45) is 2.77. The number of carbonyl (C=O) groups is 2. The highest BCUT2D eigenvalue weighted by Gasteiger charge is 2.26. The lowest BCUT2D eigenvalue weighted by molar-refractivity contribution is 0.0989. The van der Waals surface area contributed by atoms with Gasteiger partial charge in [0, 0.05) is 6.08 Å². The average Bonchev–Trinajstić information content (AvgIpc) is 2.63. The molecule has 14 heavy (non-hydrogen) atoms. The molecule has 1 aromatic heterocycles. The number of H-pyrrole nitrogens is 1. The van der Waals surface area contributed by atoms with E-state index in [9.17, 15) is 9.59 Å². The van der Waals surface area contributed by atoms with Crippen molar-refractivity contribution in [2.24, 2.45) is 0 Å². The summed E-state index contributed by atoms with van der Waals surface area (Å²) < 4.78 is 0. The molecule has 1 heterocycles. The second-order valence-electron chi connectivity index (χ2n) is 2.79. The Morgan fingerprint density at radius 3 is 3.00 bits per heavy atom. The van der Waals surface area contributed by atoms with E-state index < -0.39 is 0 Å². The zero-order valence-electron chi connectivity index (χ0n) is 7.53. The number of fused-ring (bicyclic) bond motifs is 1. The van der Waals surface area contributed by atoms with Gasteiger partial charge in [0.05, 0.1) is 16.7 Å². The third-order valence-electron chi connectivity index (χ3n) is 1.92. The van der Waals surface area contributed by atoms with Gasteiger partial charge in [0.2, 0.25) is 11.6 Å². The number of rotatable bonds is 2. The van der Waals surface area contributed by atoms with Crippen molar-refractivity contribution in [1.82, 2.24) is 10.2 Å². The van der Waals surface area contributed by atoms with Gasteiger partial charge in [-0.3, -0.25) is 14.7 Å². The van der Waals surface area contributed by atoms with E-state index in [4.69, 9.17) is 0 Å². The van der Waals surface area contributed by atoms with Crippen molar-refractivity contribution in [3.63, 3.8) is 0 Å². The zero-order valence-corrected chi connectivity index (χ0v) is 8.35. The fourth-order valence-electron chi connectivity index (χ4n) is 1.30. The van der Waals surface area contributed by atoms with Crippen molar-refractivity contribution in [3.8, 4) is 0 Å².